The van der Waals surface area contributed by atoms with Gasteiger partial charge in [0, 0.05) is 6.04 Å². The minimum Gasteiger partial charge on any atom is -0.489 e. The van der Waals surface area contributed by atoms with E-state index in [4.69, 9.17) is 4.74 Å². The molecule has 21 heavy (non-hydrogen) atoms. The van der Waals surface area contributed by atoms with Crippen LogP contribution in [0.25, 0.3) is 0 Å². The van der Waals surface area contributed by atoms with Crippen LogP contribution < -0.4 is 10.1 Å². The molecule has 1 atom stereocenters. The maximum Gasteiger partial charge on any atom is 0.142 e. The summed E-state index contributed by atoms with van der Waals surface area (Å²) in [6, 6.07) is 14.8. The second-order valence-corrected chi connectivity index (χ2v) is 5.54. The number of ether oxygens (including phenoxy) is 1. The molecule has 2 aromatic carbocycles. The second-order valence-electron chi connectivity index (χ2n) is 5.54. The Morgan fingerprint density at radius 2 is 1.67 bits per heavy atom. The SMILES string of the molecule is CC(Cc1ccc(F)cc1)Nc1ccccc1OC(C)C. The molecule has 0 heterocycles. The van der Waals surface area contributed by atoms with Crippen LogP contribution in [0.4, 0.5) is 10.1 Å². The lowest BCUT2D eigenvalue weighted by Gasteiger charge is -2.19. The number of para-hydroxylation sites is 2. The Morgan fingerprint density at radius 1 is 1.00 bits per heavy atom. The summed E-state index contributed by atoms with van der Waals surface area (Å²) in [5.74, 6) is 0.661. The molecule has 112 valence electrons. The molecule has 0 aromatic heterocycles. The van der Waals surface area contributed by atoms with E-state index in [1.165, 1.54) is 12.1 Å². The molecule has 1 unspecified atom stereocenters. The fourth-order valence-electron chi connectivity index (χ4n) is 2.23. The minimum absolute atomic E-state index is 0.139. The summed E-state index contributed by atoms with van der Waals surface area (Å²) < 4.78 is 18.7. The van der Waals surface area contributed by atoms with E-state index in [1.807, 2.05) is 50.2 Å². The number of nitrogens with one attached hydrogen (secondary N) is 1. The van der Waals surface area contributed by atoms with Crippen molar-refractivity contribution >= 4 is 5.69 Å². The molecule has 2 nitrogen and oxygen atoms in total. The summed E-state index contributed by atoms with van der Waals surface area (Å²) >= 11 is 0. The third-order valence-electron chi connectivity index (χ3n) is 3.11. The van der Waals surface area contributed by atoms with Crippen LogP contribution in [-0.2, 0) is 6.42 Å². The summed E-state index contributed by atoms with van der Waals surface area (Å²) in [4.78, 5) is 0. The molecule has 3 heteroatoms. The number of anilines is 1. The Bertz CT molecular complexity index is 566. The first-order valence-corrected chi connectivity index (χ1v) is 7.31. The Hall–Kier alpha value is -2.03. The zero-order valence-electron chi connectivity index (χ0n) is 12.8. The van der Waals surface area contributed by atoms with Gasteiger partial charge in [-0.15, -0.1) is 0 Å². The van der Waals surface area contributed by atoms with Crippen LogP contribution in [0.15, 0.2) is 48.5 Å². The van der Waals surface area contributed by atoms with Gasteiger partial charge in [-0.3, -0.25) is 0 Å². The van der Waals surface area contributed by atoms with Crippen molar-refractivity contribution in [3.8, 4) is 5.75 Å². The van der Waals surface area contributed by atoms with Gasteiger partial charge in [0.15, 0.2) is 0 Å². The lowest BCUT2D eigenvalue weighted by Crippen LogP contribution is -2.19. The molecule has 0 aliphatic rings. The van der Waals surface area contributed by atoms with Crippen molar-refractivity contribution in [2.75, 3.05) is 5.32 Å². The van der Waals surface area contributed by atoms with Gasteiger partial charge in [0.1, 0.15) is 11.6 Å². The highest BCUT2D eigenvalue weighted by molar-refractivity contribution is 5.56. The molecule has 2 rings (SSSR count). The van der Waals surface area contributed by atoms with E-state index >= 15 is 0 Å². The zero-order valence-corrected chi connectivity index (χ0v) is 12.8. The average Bonchev–Trinajstić information content (AvgIpc) is 2.43. The number of halogens is 1. The molecule has 0 aliphatic carbocycles. The van der Waals surface area contributed by atoms with E-state index in [1.54, 1.807) is 0 Å². The summed E-state index contributed by atoms with van der Waals surface area (Å²) in [7, 11) is 0. The molecule has 0 bridgehead atoms. The van der Waals surface area contributed by atoms with Gasteiger partial charge in [-0.25, -0.2) is 4.39 Å². The van der Waals surface area contributed by atoms with Crippen LogP contribution in [0.2, 0.25) is 0 Å². The Labute approximate surface area is 126 Å². The van der Waals surface area contributed by atoms with E-state index in [9.17, 15) is 4.39 Å². The van der Waals surface area contributed by atoms with Gasteiger partial charge in [0.2, 0.25) is 0 Å². The third kappa shape index (κ3) is 4.78. The maximum atomic E-state index is 12.9. The van der Waals surface area contributed by atoms with Crippen molar-refractivity contribution in [2.45, 2.75) is 39.3 Å². The number of hydrogen-bond donors (Lipinski definition) is 1. The number of hydrogen-bond acceptors (Lipinski definition) is 2. The van der Waals surface area contributed by atoms with Crippen molar-refractivity contribution in [1.82, 2.24) is 0 Å². The minimum atomic E-state index is -0.199. The molecule has 0 radical (unpaired) electrons. The normalized spacial score (nSPS) is 12.2. The largest absolute Gasteiger partial charge is 0.489 e. The summed E-state index contributed by atoms with van der Waals surface area (Å²) in [6.07, 6.45) is 0.969. The molecule has 1 N–H and O–H groups in total. The van der Waals surface area contributed by atoms with Crippen LogP contribution in [0.3, 0.4) is 0 Å². The van der Waals surface area contributed by atoms with Crippen molar-refractivity contribution in [2.24, 2.45) is 0 Å². The Morgan fingerprint density at radius 3 is 2.33 bits per heavy atom. The van der Waals surface area contributed by atoms with Crippen LogP contribution in [0, 0.1) is 5.82 Å². The monoisotopic (exact) mass is 287 g/mol. The van der Waals surface area contributed by atoms with E-state index in [2.05, 4.69) is 12.2 Å². The topological polar surface area (TPSA) is 21.3 Å². The van der Waals surface area contributed by atoms with Gasteiger partial charge in [0.05, 0.1) is 11.8 Å². The maximum absolute atomic E-state index is 12.9. The van der Waals surface area contributed by atoms with E-state index < -0.39 is 0 Å². The highest BCUT2D eigenvalue weighted by Gasteiger charge is 2.09. The van der Waals surface area contributed by atoms with Crippen LogP contribution in [0.1, 0.15) is 26.3 Å². The number of benzene rings is 2. The number of rotatable bonds is 6. The van der Waals surface area contributed by atoms with Crippen LogP contribution in [-0.4, -0.2) is 12.1 Å². The smallest absolute Gasteiger partial charge is 0.142 e. The predicted molar refractivity (Wildman–Crippen MR) is 85.4 cm³/mol. The van der Waals surface area contributed by atoms with E-state index in [0.717, 1.165) is 23.4 Å². The fourth-order valence-corrected chi connectivity index (χ4v) is 2.23. The lowest BCUT2D eigenvalue weighted by atomic mass is 10.1. The third-order valence-corrected chi connectivity index (χ3v) is 3.11. The molecular weight excluding hydrogens is 265 g/mol. The van der Waals surface area contributed by atoms with Crippen molar-refractivity contribution in [3.05, 3.63) is 59.9 Å². The highest BCUT2D eigenvalue weighted by Crippen LogP contribution is 2.26. The fraction of sp³-hybridized carbons (Fsp3) is 0.333. The van der Waals surface area contributed by atoms with Crippen molar-refractivity contribution in [3.63, 3.8) is 0 Å². The second kappa shape index (κ2) is 7.11. The summed E-state index contributed by atoms with van der Waals surface area (Å²) in [5, 5.41) is 3.46. The predicted octanol–water partition coefficient (Wildman–Crippen LogP) is 4.66. The van der Waals surface area contributed by atoms with Crippen LogP contribution in [0.5, 0.6) is 5.75 Å². The van der Waals surface area contributed by atoms with Gasteiger partial charge in [-0.2, -0.15) is 0 Å². The van der Waals surface area contributed by atoms with Gasteiger partial charge in [-0.05, 0) is 57.0 Å². The van der Waals surface area contributed by atoms with E-state index in [0.29, 0.717) is 0 Å². The molecule has 0 spiro atoms. The van der Waals surface area contributed by atoms with Gasteiger partial charge < -0.3 is 10.1 Å². The van der Waals surface area contributed by atoms with Gasteiger partial charge in [-0.1, -0.05) is 24.3 Å². The first-order valence-electron chi connectivity index (χ1n) is 7.31. The quantitative estimate of drug-likeness (QED) is 0.834. The molecule has 2 aromatic rings. The molecule has 0 aliphatic heterocycles. The summed E-state index contributed by atoms with van der Waals surface area (Å²) in [6.45, 7) is 6.13. The van der Waals surface area contributed by atoms with Crippen molar-refractivity contribution < 1.29 is 9.13 Å². The Balaban J connectivity index is 2.02. The van der Waals surface area contributed by atoms with E-state index in [-0.39, 0.29) is 18.0 Å². The lowest BCUT2D eigenvalue weighted by molar-refractivity contribution is 0.243. The molecule has 0 fully saturated rings. The average molecular weight is 287 g/mol. The molecule has 0 saturated heterocycles. The summed E-state index contributed by atoms with van der Waals surface area (Å²) in [5.41, 5.74) is 2.10. The zero-order chi connectivity index (χ0) is 15.2. The molecule has 0 saturated carbocycles. The molecular formula is C18H22FNO. The highest BCUT2D eigenvalue weighted by atomic mass is 19.1. The van der Waals surface area contributed by atoms with Gasteiger partial charge in [0.25, 0.3) is 0 Å². The Kier molecular flexibility index (Phi) is 5.20. The van der Waals surface area contributed by atoms with Crippen LogP contribution >= 0.6 is 0 Å². The first kappa shape index (κ1) is 15.4. The van der Waals surface area contributed by atoms with Gasteiger partial charge >= 0.3 is 0 Å². The first-order chi connectivity index (χ1) is 10.0. The van der Waals surface area contributed by atoms with Crippen molar-refractivity contribution in [1.29, 1.82) is 0 Å². The standard InChI is InChI=1S/C18H22FNO/c1-13(2)21-18-7-5-4-6-17(18)20-14(3)12-15-8-10-16(19)11-9-15/h4-11,13-14,20H,12H2,1-3H3. The molecule has 0 amide bonds.